The highest BCUT2D eigenvalue weighted by Crippen LogP contribution is 2.33. The van der Waals surface area contributed by atoms with E-state index in [2.05, 4.69) is 0 Å². The van der Waals surface area contributed by atoms with E-state index in [0.29, 0.717) is 12.8 Å². The molecule has 1 fully saturated rings. The Hall–Kier alpha value is -0.960. The van der Waals surface area contributed by atoms with Gasteiger partial charge >= 0.3 is 0 Å². The number of carbonyl (C=O) groups is 2. The van der Waals surface area contributed by atoms with Crippen molar-refractivity contribution in [2.45, 2.75) is 32.1 Å². The van der Waals surface area contributed by atoms with Gasteiger partial charge in [-0.2, -0.15) is 0 Å². The second-order valence-corrected chi connectivity index (χ2v) is 5.13. The number of rotatable bonds is 1. The molecule has 0 saturated heterocycles. The van der Waals surface area contributed by atoms with Crippen molar-refractivity contribution in [3.05, 3.63) is 21.9 Å². The van der Waals surface area contributed by atoms with Crippen LogP contribution in [0.15, 0.2) is 12.1 Å². The van der Waals surface area contributed by atoms with Crippen LogP contribution in [-0.2, 0) is 9.59 Å². The Morgan fingerprint density at radius 3 is 2.36 bits per heavy atom. The molecule has 2 rings (SSSR count). The molecule has 0 spiro atoms. The Morgan fingerprint density at radius 1 is 1.21 bits per heavy atom. The molecule has 0 radical (unpaired) electrons. The summed E-state index contributed by atoms with van der Waals surface area (Å²) in [4.78, 5) is 24.9. The average molecular weight is 208 g/mol. The number of aryl methyl sites for hydroxylation is 1. The van der Waals surface area contributed by atoms with Gasteiger partial charge in [-0.25, -0.2) is 0 Å². The first-order valence-corrected chi connectivity index (χ1v) is 5.56. The number of carbonyl (C=O) groups excluding carboxylic acids is 2. The lowest BCUT2D eigenvalue weighted by Crippen LogP contribution is -2.20. The van der Waals surface area contributed by atoms with Crippen LogP contribution < -0.4 is 0 Å². The molecule has 0 amide bonds. The molecule has 0 atom stereocenters. The summed E-state index contributed by atoms with van der Waals surface area (Å²) in [7, 11) is 0. The van der Waals surface area contributed by atoms with E-state index in [0.717, 1.165) is 0 Å². The van der Waals surface area contributed by atoms with Crippen LogP contribution in [0.4, 0.5) is 0 Å². The molecule has 1 aliphatic rings. The first kappa shape index (κ1) is 9.59. The van der Waals surface area contributed by atoms with E-state index < -0.39 is 0 Å². The van der Waals surface area contributed by atoms with Crippen LogP contribution in [0.3, 0.4) is 0 Å². The summed E-state index contributed by atoms with van der Waals surface area (Å²) in [6.45, 7) is 2.04. The quantitative estimate of drug-likeness (QED) is 0.664. The molecule has 1 aromatic rings. The van der Waals surface area contributed by atoms with Gasteiger partial charge in [-0.3, -0.25) is 9.59 Å². The maximum atomic E-state index is 11.2. The van der Waals surface area contributed by atoms with Crippen molar-refractivity contribution >= 4 is 22.9 Å². The van der Waals surface area contributed by atoms with Crippen LogP contribution >= 0.6 is 11.3 Å². The zero-order valence-electron chi connectivity index (χ0n) is 8.08. The topological polar surface area (TPSA) is 34.1 Å². The number of hydrogen-bond donors (Lipinski definition) is 0. The van der Waals surface area contributed by atoms with Gasteiger partial charge in [0.1, 0.15) is 11.6 Å². The minimum atomic E-state index is 0.0947. The Morgan fingerprint density at radius 2 is 1.86 bits per heavy atom. The summed E-state index contributed by atoms with van der Waals surface area (Å²) in [5, 5.41) is 0. The van der Waals surface area contributed by atoms with Crippen molar-refractivity contribution in [3.8, 4) is 0 Å². The average Bonchev–Trinajstić information content (AvgIpc) is 2.50. The Labute approximate surface area is 86.9 Å². The number of hydrogen-bond acceptors (Lipinski definition) is 3. The third kappa shape index (κ3) is 1.93. The zero-order valence-corrected chi connectivity index (χ0v) is 8.89. The first-order valence-electron chi connectivity index (χ1n) is 4.75. The summed E-state index contributed by atoms with van der Waals surface area (Å²) < 4.78 is 0. The summed E-state index contributed by atoms with van der Waals surface area (Å²) in [6, 6.07) is 4.08. The van der Waals surface area contributed by atoms with Gasteiger partial charge in [-0.15, -0.1) is 11.3 Å². The first-order chi connectivity index (χ1) is 6.65. The maximum Gasteiger partial charge on any atom is 0.140 e. The lowest BCUT2D eigenvalue weighted by Gasteiger charge is -2.18. The third-order valence-corrected chi connectivity index (χ3v) is 3.67. The molecule has 14 heavy (non-hydrogen) atoms. The molecule has 0 N–H and O–H groups in total. The van der Waals surface area contributed by atoms with E-state index in [-0.39, 0.29) is 23.9 Å². The molecule has 3 heteroatoms. The fourth-order valence-corrected chi connectivity index (χ4v) is 2.84. The van der Waals surface area contributed by atoms with Crippen molar-refractivity contribution in [2.75, 3.05) is 0 Å². The maximum absolute atomic E-state index is 11.2. The number of thiophene rings is 1. The largest absolute Gasteiger partial charge is 0.299 e. The van der Waals surface area contributed by atoms with E-state index in [1.807, 2.05) is 19.1 Å². The Bertz CT molecular complexity index is 362. The normalized spacial score (nSPS) is 18.9. The van der Waals surface area contributed by atoms with Gasteiger partial charge in [-0.05, 0) is 19.1 Å². The van der Waals surface area contributed by atoms with Crippen molar-refractivity contribution in [3.63, 3.8) is 0 Å². The molecule has 0 bridgehead atoms. The number of Topliss-reactive ketones (excluding diaryl/α,β-unsaturated/α-hetero) is 2. The lowest BCUT2D eigenvalue weighted by atomic mass is 9.86. The summed E-state index contributed by atoms with van der Waals surface area (Å²) >= 11 is 1.69. The summed E-state index contributed by atoms with van der Waals surface area (Å²) in [6.07, 6.45) is 1.25. The van der Waals surface area contributed by atoms with E-state index >= 15 is 0 Å². The second-order valence-electron chi connectivity index (χ2n) is 3.81. The molecular formula is C11H12O2S. The predicted octanol–water partition coefficient (Wildman–Crippen LogP) is 2.46. The van der Waals surface area contributed by atoms with Crippen LogP contribution in [0.25, 0.3) is 0 Å². The van der Waals surface area contributed by atoms with Crippen molar-refractivity contribution in [2.24, 2.45) is 0 Å². The smallest absolute Gasteiger partial charge is 0.140 e. The molecule has 0 aromatic carbocycles. The van der Waals surface area contributed by atoms with Crippen LogP contribution in [0.5, 0.6) is 0 Å². The van der Waals surface area contributed by atoms with Gasteiger partial charge < -0.3 is 0 Å². The van der Waals surface area contributed by atoms with Crippen LogP contribution in [-0.4, -0.2) is 11.6 Å². The lowest BCUT2D eigenvalue weighted by molar-refractivity contribution is -0.130. The van der Waals surface area contributed by atoms with Gasteiger partial charge in [0, 0.05) is 28.5 Å². The number of ketones is 2. The van der Waals surface area contributed by atoms with Crippen LogP contribution in [0, 0.1) is 6.92 Å². The standard InChI is InChI=1S/C11H12O2S/c1-7-2-3-11(14-7)8-4-9(12)6-10(13)5-8/h2-3,8H,4-6H2,1H3. The SMILES string of the molecule is Cc1ccc(C2CC(=O)CC(=O)C2)s1. The minimum absolute atomic E-state index is 0.0947. The van der Waals surface area contributed by atoms with E-state index in [9.17, 15) is 9.59 Å². The van der Waals surface area contributed by atoms with E-state index in [4.69, 9.17) is 0 Å². The Kier molecular flexibility index (Phi) is 2.50. The fraction of sp³-hybridized carbons (Fsp3) is 0.455. The molecule has 0 aliphatic heterocycles. The second kappa shape index (κ2) is 3.65. The van der Waals surface area contributed by atoms with Crippen molar-refractivity contribution < 1.29 is 9.59 Å². The highest BCUT2D eigenvalue weighted by atomic mass is 32.1. The van der Waals surface area contributed by atoms with Gasteiger partial charge in [0.15, 0.2) is 0 Å². The van der Waals surface area contributed by atoms with E-state index in [1.54, 1.807) is 11.3 Å². The third-order valence-electron chi connectivity index (χ3n) is 2.51. The molecule has 2 nitrogen and oxygen atoms in total. The van der Waals surface area contributed by atoms with Gasteiger partial charge in [0.25, 0.3) is 0 Å². The highest BCUT2D eigenvalue weighted by molar-refractivity contribution is 7.12. The summed E-state index contributed by atoms with van der Waals surface area (Å²) in [5.41, 5.74) is 0. The summed E-state index contributed by atoms with van der Waals surface area (Å²) in [5.74, 6) is 0.344. The van der Waals surface area contributed by atoms with Gasteiger partial charge in [0.05, 0.1) is 6.42 Å². The molecule has 1 saturated carbocycles. The molecule has 74 valence electrons. The highest BCUT2D eigenvalue weighted by Gasteiger charge is 2.27. The molecular weight excluding hydrogens is 196 g/mol. The monoisotopic (exact) mass is 208 g/mol. The van der Waals surface area contributed by atoms with Crippen molar-refractivity contribution in [1.29, 1.82) is 0 Å². The molecule has 0 unspecified atom stereocenters. The predicted molar refractivity (Wildman–Crippen MR) is 55.7 cm³/mol. The fourth-order valence-electron chi connectivity index (χ4n) is 1.86. The van der Waals surface area contributed by atoms with Gasteiger partial charge in [-0.1, -0.05) is 0 Å². The van der Waals surface area contributed by atoms with E-state index in [1.165, 1.54) is 9.75 Å². The molecule has 1 heterocycles. The van der Waals surface area contributed by atoms with Gasteiger partial charge in [0.2, 0.25) is 0 Å². The molecule has 1 aliphatic carbocycles. The molecule has 1 aromatic heterocycles. The van der Waals surface area contributed by atoms with Crippen LogP contribution in [0.2, 0.25) is 0 Å². The zero-order chi connectivity index (χ0) is 10.1. The Balaban J connectivity index is 2.18. The minimum Gasteiger partial charge on any atom is -0.299 e. The van der Waals surface area contributed by atoms with Crippen molar-refractivity contribution in [1.82, 2.24) is 0 Å². The van der Waals surface area contributed by atoms with Crippen LogP contribution in [0.1, 0.15) is 34.9 Å².